The second kappa shape index (κ2) is 2.97. The van der Waals surface area contributed by atoms with Gasteiger partial charge in [-0.05, 0) is 18.2 Å². The lowest BCUT2D eigenvalue weighted by Crippen LogP contribution is -1.91. The summed E-state index contributed by atoms with van der Waals surface area (Å²) in [5.74, 6) is -0.111. The summed E-state index contributed by atoms with van der Waals surface area (Å²) in [5, 5.41) is 10.3. The predicted octanol–water partition coefficient (Wildman–Crippen LogP) is 2.20. The standard InChI is InChI=1S/C9H8FNOS/c10-5-1-2-6-7(3-5)13-8(4-11)9(6)12/h1-3,12H,4,11H2. The molecule has 2 nitrogen and oxygen atoms in total. The van der Waals surface area contributed by atoms with E-state index in [2.05, 4.69) is 0 Å². The highest BCUT2D eigenvalue weighted by molar-refractivity contribution is 7.19. The quantitative estimate of drug-likeness (QED) is 0.736. The summed E-state index contributed by atoms with van der Waals surface area (Å²) >= 11 is 1.32. The molecule has 2 aromatic rings. The van der Waals surface area contributed by atoms with Crippen molar-refractivity contribution in [2.75, 3.05) is 0 Å². The molecule has 3 N–H and O–H groups in total. The van der Waals surface area contributed by atoms with Gasteiger partial charge in [0.05, 0.1) is 4.88 Å². The summed E-state index contributed by atoms with van der Waals surface area (Å²) < 4.78 is 13.5. The number of benzene rings is 1. The smallest absolute Gasteiger partial charge is 0.138 e. The van der Waals surface area contributed by atoms with Crippen LogP contribution in [0.2, 0.25) is 0 Å². The summed E-state index contributed by atoms with van der Waals surface area (Å²) in [5.41, 5.74) is 5.41. The van der Waals surface area contributed by atoms with Gasteiger partial charge in [0.2, 0.25) is 0 Å². The molecule has 2 rings (SSSR count). The first-order chi connectivity index (χ1) is 6.22. The molecule has 0 fully saturated rings. The van der Waals surface area contributed by atoms with Crippen LogP contribution in [0.5, 0.6) is 5.75 Å². The molecule has 0 saturated carbocycles. The molecule has 68 valence electrons. The van der Waals surface area contributed by atoms with Crippen molar-refractivity contribution in [3.63, 3.8) is 0 Å². The first-order valence-corrected chi connectivity index (χ1v) is 4.64. The van der Waals surface area contributed by atoms with Gasteiger partial charge in [0.25, 0.3) is 0 Å². The van der Waals surface area contributed by atoms with E-state index in [9.17, 15) is 9.50 Å². The molecule has 0 bridgehead atoms. The second-order valence-corrected chi connectivity index (χ2v) is 3.86. The maximum absolute atomic E-state index is 12.8. The Morgan fingerprint density at radius 2 is 2.23 bits per heavy atom. The number of hydrogen-bond acceptors (Lipinski definition) is 3. The van der Waals surface area contributed by atoms with Gasteiger partial charge in [0.1, 0.15) is 11.6 Å². The molecule has 0 amide bonds. The average Bonchev–Trinajstić information content (AvgIpc) is 2.42. The van der Waals surface area contributed by atoms with E-state index in [0.717, 1.165) is 4.70 Å². The molecule has 0 radical (unpaired) electrons. The molecule has 13 heavy (non-hydrogen) atoms. The topological polar surface area (TPSA) is 46.2 Å². The van der Waals surface area contributed by atoms with Crippen molar-refractivity contribution in [3.05, 3.63) is 28.9 Å². The van der Waals surface area contributed by atoms with Crippen LogP contribution in [0, 0.1) is 5.82 Å². The van der Waals surface area contributed by atoms with Crippen LogP contribution in [-0.4, -0.2) is 5.11 Å². The molecule has 0 spiro atoms. The van der Waals surface area contributed by atoms with Crippen LogP contribution in [0.3, 0.4) is 0 Å². The highest BCUT2D eigenvalue weighted by Crippen LogP contribution is 2.36. The van der Waals surface area contributed by atoms with Crippen molar-refractivity contribution in [1.29, 1.82) is 0 Å². The highest BCUT2D eigenvalue weighted by atomic mass is 32.1. The Hall–Kier alpha value is -1.13. The Morgan fingerprint density at radius 1 is 1.46 bits per heavy atom. The van der Waals surface area contributed by atoms with Gasteiger partial charge in [0.15, 0.2) is 0 Å². The van der Waals surface area contributed by atoms with Crippen molar-refractivity contribution in [3.8, 4) is 5.75 Å². The van der Waals surface area contributed by atoms with Crippen LogP contribution in [0.4, 0.5) is 4.39 Å². The fourth-order valence-electron chi connectivity index (χ4n) is 1.25. The number of thiophene rings is 1. The molecule has 1 aromatic carbocycles. The van der Waals surface area contributed by atoms with Crippen molar-refractivity contribution in [1.82, 2.24) is 0 Å². The average molecular weight is 197 g/mol. The molecule has 1 aromatic heterocycles. The highest BCUT2D eigenvalue weighted by Gasteiger charge is 2.09. The van der Waals surface area contributed by atoms with Gasteiger partial charge in [0, 0.05) is 16.6 Å². The van der Waals surface area contributed by atoms with Gasteiger partial charge < -0.3 is 10.8 Å². The van der Waals surface area contributed by atoms with Crippen LogP contribution in [0.15, 0.2) is 18.2 Å². The number of fused-ring (bicyclic) bond motifs is 1. The van der Waals surface area contributed by atoms with Gasteiger partial charge in [-0.1, -0.05) is 0 Å². The number of nitrogens with two attached hydrogens (primary N) is 1. The minimum Gasteiger partial charge on any atom is -0.506 e. The SMILES string of the molecule is NCc1sc2cc(F)ccc2c1O. The summed E-state index contributed by atoms with van der Waals surface area (Å²) in [4.78, 5) is 0.695. The van der Waals surface area contributed by atoms with E-state index >= 15 is 0 Å². The maximum Gasteiger partial charge on any atom is 0.138 e. The fraction of sp³-hybridized carbons (Fsp3) is 0.111. The molecule has 0 saturated heterocycles. The van der Waals surface area contributed by atoms with E-state index in [1.165, 1.54) is 23.5 Å². The summed E-state index contributed by atoms with van der Waals surface area (Å²) in [6, 6.07) is 4.30. The summed E-state index contributed by atoms with van der Waals surface area (Å²) in [6.45, 7) is 0.285. The van der Waals surface area contributed by atoms with Crippen LogP contribution in [-0.2, 0) is 6.54 Å². The maximum atomic E-state index is 12.8. The van der Waals surface area contributed by atoms with Crippen LogP contribution < -0.4 is 5.73 Å². The predicted molar refractivity (Wildman–Crippen MR) is 51.3 cm³/mol. The number of rotatable bonds is 1. The molecule has 0 unspecified atom stereocenters. The third kappa shape index (κ3) is 1.28. The Labute approximate surface area is 78.4 Å². The lowest BCUT2D eigenvalue weighted by Gasteiger charge is -1.91. The van der Waals surface area contributed by atoms with Crippen LogP contribution in [0.25, 0.3) is 10.1 Å². The third-order valence-corrected chi connectivity index (χ3v) is 3.05. The molecule has 4 heteroatoms. The van der Waals surface area contributed by atoms with Gasteiger partial charge in [-0.2, -0.15) is 0 Å². The van der Waals surface area contributed by atoms with E-state index in [4.69, 9.17) is 5.73 Å². The molecular formula is C9H8FNOS. The second-order valence-electron chi connectivity index (χ2n) is 2.72. The monoisotopic (exact) mass is 197 g/mol. The fourth-order valence-corrected chi connectivity index (χ4v) is 2.25. The normalized spacial score (nSPS) is 10.9. The largest absolute Gasteiger partial charge is 0.506 e. The number of hydrogen-bond donors (Lipinski definition) is 2. The molecular weight excluding hydrogens is 189 g/mol. The van der Waals surface area contributed by atoms with Crippen molar-refractivity contribution in [2.24, 2.45) is 5.73 Å². The van der Waals surface area contributed by atoms with E-state index in [1.54, 1.807) is 6.07 Å². The van der Waals surface area contributed by atoms with E-state index < -0.39 is 0 Å². The lowest BCUT2D eigenvalue weighted by atomic mass is 10.2. The van der Waals surface area contributed by atoms with Crippen molar-refractivity contribution >= 4 is 21.4 Å². The van der Waals surface area contributed by atoms with Crippen LogP contribution >= 0.6 is 11.3 Å². The Bertz CT molecular complexity index is 452. The number of halogens is 1. The van der Waals surface area contributed by atoms with Crippen molar-refractivity contribution < 1.29 is 9.50 Å². The minimum atomic E-state index is -0.294. The molecule has 0 aliphatic carbocycles. The molecule has 0 atom stereocenters. The zero-order chi connectivity index (χ0) is 9.42. The minimum absolute atomic E-state index is 0.183. The lowest BCUT2D eigenvalue weighted by molar-refractivity contribution is 0.478. The van der Waals surface area contributed by atoms with Crippen LogP contribution in [0.1, 0.15) is 4.88 Å². The van der Waals surface area contributed by atoms with Gasteiger partial charge >= 0.3 is 0 Å². The summed E-state index contributed by atoms with van der Waals surface area (Å²) in [7, 11) is 0. The third-order valence-electron chi connectivity index (χ3n) is 1.88. The molecule has 1 heterocycles. The van der Waals surface area contributed by atoms with E-state index in [-0.39, 0.29) is 18.1 Å². The number of aromatic hydroxyl groups is 1. The van der Waals surface area contributed by atoms with Crippen molar-refractivity contribution in [2.45, 2.75) is 6.54 Å². The first kappa shape index (κ1) is 8.47. The zero-order valence-electron chi connectivity index (χ0n) is 6.75. The van der Waals surface area contributed by atoms with Gasteiger partial charge in [-0.3, -0.25) is 0 Å². The summed E-state index contributed by atoms with van der Waals surface area (Å²) in [6.07, 6.45) is 0. The molecule has 0 aliphatic rings. The molecule has 0 aliphatic heterocycles. The Kier molecular flexibility index (Phi) is 1.94. The van der Waals surface area contributed by atoms with E-state index in [1.807, 2.05) is 0 Å². The van der Waals surface area contributed by atoms with Gasteiger partial charge in [-0.15, -0.1) is 11.3 Å². The Morgan fingerprint density at radius 3 is 2.92 bits per heavy atom. The Balaban J connectivity index is 2.76. The first-order valence-electron chi connectivity index (χ1n) is 3.82. The van der Waals surface area contributed by atoms with E-state index in [0.29, 0.717) is 10.3 Å². The van der Waals surface area contributed by atoms with Gasteiger partial charge in [-0.25, -0.2) is 4.39 Å². The zero-order valence-corrected chi connectivity index (χ0v) is 7.57.